The van der Waals surface area contributed by atoms with Gasteiger partial charge in [0, 0.05) is 41.4 Å². The first kappa shape index (κ1) is 15.4. The fourth-order valence-corrected chi connectivity index (χ4v) is 2.86. The molecule has 1 atom stereocenters. The molecule has 0 aliphatic carbocycles. The Balaban J connectivity index is 2.27. The molecular formula is C15H19Cl2N3. The normalized spacial score (nSPS) is 12.6. The summed E-state index contributed by atoms with van der Waals surface area (Å²) in [7, 11) is 0. The zero-order chi connectivity index (χ0) is 14.5. The van der Waals surface area contributed by atoms with Crippen LogP contribution in [0.5, 0.6) is 0 Å². The number of nitrogens with one attached hydrogen (secondary N) is 1. The van der Waals surface area contributed by atoms with Crippen LogP contribution in [0.25, 0.3) is 0 Å². The monoisotopic (exact) mass is 311 g/mol. The number of aromatic nitrogens is 2. The standard InChI is InChI=1S/C15H19Cl2N3/c1-3-18-14(10-15-19-7-8-20(15)4-2)12-6-5-11(16)9-13(12)17/h5-9,14,18H,3-4,10H2,1-2H3. The third-order valence-electron chi connectivity index (χ3n) is 3.32. The van der Waals surface area contributed by atoms with Crippen LogP contribution in [0.4, 0.5) is 0 Å². The summed E-state index contributed by atoms with van der Waals surface area (Å²) in [4.78, 5) is 4.44. The third kappa shape index (κ3) is 3.54. The molecule has 0 saturated heterocycles. The van der Waals surface area contributed by atoms with Crippen LogP contribution in [0, 0.1) is 0 Å². The third-order valence-corrected chi connectivity index (χ3v) is 3.88. The van der Waals surface area contributed by atoms with Crippen LogP contribution < -0.4 is 5.32 Å². The van der Waals surface area contributed by atoms with E-state index in [1.165, 1.54) is 0 Å². The minimum atomic E-state index is 0.137. The van der Waals surface area contributed by atoms with Gasteiger partial charge in [-0.25, -0.2) is 4.98 Å². The van der Waals surface area contributed by atoms with Gasteiger partial charge in [-0.3, -0.25) is 0 Å². The van der Waals surface area contributed by atoms with Crippen molar-refractivity contribution in [2.75, 3.05) is 6.54 Å². The average molecular weight is 312 g/mol. The van der Waals surface area contributed by atoms with Crippen LogP contribution in [0.2, 0.25) is 10.0 Å². The fraction of sp³-hybridized carbons (Fsp3) is 0.400. The summed E-state index contributed by atoms with van der Waals surface area (Å²) in [5.74, 6) is 1.06. The van der Waals surface area contributed by atoms with Crippen LogP contribution in [-0.4, -0.2) is 16.1 Å². The molecule has 0 aliphatic heterocycles. The van der Waals surface area contributed by atoms with Crippen molar-refractivity contribution in [2.45, 2.75) is 32.9 Å². The summed E-state index contributed by atoms with van der Waals surface area (Å²) >= 11 is 12.3. The van der Waals surface area contributed by atoms with Crippen molar-refractivity contribution >= 4 is 23.2 Å². The average Bonchev–Trinajstić information content (AvgIpc) is 2.85. The van der Waals surface area contributed by atoms with Gasteiger partial charge in [0.1, 0.15) is 5.82 Å². The van der Waals surface area contributed by atoms with Gasteiger partial charge in [-0.15, -0.1) is 0 Å². The highest BCUT2D eigenvalue weighted by molar-refractivity contribution is 6.35. The van der Waals surface area contributed by atoms with Gasteiger partial charge < -0.3 is 9.88 Å². The first-order valence-electron chi connectivity index (χ1n) is 6.84. The van der Waals surface area contributed by atoms with Gasteiger partial charge in [0.15, 0.2) is 0 Å². The molecule has 3 nitrogen and oxygen atoms in total. The van der Waals surface area contributed by atoms with E-state index in [9.17, 15) is 0 Å². The highest BCUT2D eigenvalue weighted by atomic mass is 35.5. The molecule has 1 unspecified atom stereocenters. The van der Waals surface area contributed by atoms with Gasteiger partial charge >= 0.3 is 0 Å². The Morgan fingerprint density at radius 3 is 2.75 bits per heavy atom. The van der Waals surface area contributed by atoms with E-state index in [2.05, 4.69) is 28.7 Å². The number of imidazole rings is 1. The number of benzene rings is 1. The number of nitrogens with zero attached hydrogens (tertiary/aromatic N) is 2. The minimum Gasteiger partial charge on any atom is -0.335 e. The lowest BCUT2D eigenvalue weighted by Gasteiger charge is -2.20. The Morgan fingerprint density at radius 2 is 2.10 bits per heavy atom. The molecule has 108 valence electrons. The molecule has 0 fully saturated rings. The Morgan fingerprint density at radius 1 is 1.30 bits per heavy atom. The second-order valence-electron chi connectivity index (χ2n) is 4.61. The molecule has 1 N–H and O–H groups in total. The number of hydrogen-bond acceptors (Lipinski definition) is 2. The second kappa shape index (κ2) is 7.11. The van der Waals surface area contributed by atoms with Gasteiger partial charge in [-0.2, -0.15) is 0 Å². The van der Waals surface area contributed by atoms with E-state index in [0.29, 0.717) is 10.0 Å². The van der Waals surface area contributed by atoms with Gasteiger partial charge in [-0.1, -0.05) is 36.2 Å². The van der Waals surface area contributed by atoms with Crippen molar-refractivity contribution in [1.29, 1.82) is 0 Å². The van der Waals surface area contributed by atoms with Gasteiger partial charge in [0.2, 0.25) is 0 Å². The maximum Gasteiger partial charge on any atom is 0.110 e. The van der Waals surface area contributed by atoms with E-state index >= 15 is 0 Å². The van der Waals surface area contributed by atoms with Gasteiger partial charge in [0.25, 0.3) is 0 Å². The molecular weight excluding hydrogens is 293 g/mol. The van der Waals surface area contributed by atoms with E-state index in [1.807, 2.05) is 24.5 Å². The molecule has 2 rings (SSSR count). The Labute approximate surface area is 129 Å². The van der Waals surface area contributed by atoms with Crippen LogP contribution in [0.1, 0.15) is 31.3 Å². The smallest absolute Gasteiger partial charge is 0.110 e. The van der Waals surface area contributed by atoms with E-state index in [0.717, 1.165) is 30.9 Å². The first-order valence-corrected chi connectivity index (χ1v) is 7.59. The predicted octanol–water partition coefficient (Wildman–Crippen LogP) is 4.10. The van der Waals surface area contributed by atoms with Crippen molar-refractivity contribution in [2.24, 2.45) is 0 Å². The lowest BCUT2D eigenvalue weighted by Crippen LogP contribution is -2.24. The van der Waals surface area contributed by atoms with E-state index < -0.39 is 0 Å². The number of rotatable bonds is 6. The zero-order valence-corrected chi connectivity index (χ0v) is 13.2. The summed E-state index contributed by atoms with van der Waals surface area (Å²) in [6, 6.07) is 5.78. The second-order valence-corrected chi connectivity index (χ2v) is 5.45. The van der Waals surface area contributed by atoms with E-state index in [-0.39, 0.29) is 6.04 Å². The van der Waals surface area contributed by atoms with Crippen molar-refractivity contribution in [1.82, 2.24) is 14.9 Å². The van der Waals surface area contributed by atoms with Crippen molar-refractivity contribution in [3.8, 4) is 0 Å². The van der Waals surface area contributed by atoms with Crippen molar-refractivity contribution in [3.05, 3.63) is 52.0 Å². The molecule has 5 heteroatoms. The van der Waals surface area contributed by atoms with Crippen molar-refractivity contribution < 1.29 is 0 Å². The quantitative estimate of drug-likeness (QED) is 0.870. The van der Waals surface area contributed by atoms with Crippen molar-refractivity contribution in [3.63, 3.8) is 0 Å². The largest absolute Gasteiger partial charge is 0.335 e. The molecule has 0 spiro atoms. The summed E-state index contributed by atoms with van der Waals surface area (Å²) in [6.45, 7) is 5.99. The number of aryl methyl sites for hydroxylation is 1. The Bertz CT molecular complexity index is 566. The summed E-state index contributed by atoms with van der Waals surface area (Å²) in [6.07, 6.45) is 4.64. The van der Waals surface area contributed by atoms with E-state index in [4.69, 9.17) is 23.2 Å². The molecule has 0 radical (unpaired) electrons. The number of likely N-dealkylation sites (N-methyl/N-ethyl adjacent to an activating group) is 1. The topological polar surface area (TPSA) is 29.9 Å². The molecule has 0 aliphatic rings. The summed E-state index contributed by atoms with van der Waals surface area (Å²) in [5.41, 5.74) is 1.06. The molecule has 0 amide bonds. The highest BCUT2D eigenvalue weighted by Crippen LogP contribution is 2.28. The number of hydrogen-bond donors (Lipinski definition) is 1. The van der Waals surface area contributed by atoms with E-state index in [1.54, 1.807) is 6.07 Å². The van der Waals surface area contributed by atoms with Crippen LogP contribution in [-0.2, 0) is 13.0 Å². The maximum atomic E-state index is 6.32. The Kier molecular flexibility index (Phi) is 5.46. The molecule has 2 aromatic rings. The first-order chi connectivity index (χ1) is 9.65. The molecule has 0 saturated carbocycles. The summed E-state index contributed by atoms with van der Waals surface area (Å²) < 4.78 is 2.15. The Hall–Kier alpha value is -1.03. The lowest BCUT2D eigenvalue weighted by molar-refractivity contribution is 0.522. The highest BCUT2D eigenvalue weighted by Gasteiger charge is 2.17. The number of halogens is 2. The summed E-state index contributed by atoms with van der Waals surface area (Å²) in [5, 5.41) is 4.82. The van der Waals surface area contributed by atoms with Crippen LogP contribution in [0.3, 0.4) is 0 Å². The van der Waals surface area contributed by atoms with Crippen LogP contribution >= 0.6 is 23.2 Å². The maximum absolute atomic E-state index is 6.32. The SMILES string of the molecule is CCNC(Cc1nccn1CC)c1ccc(Cl)cc1Cl. The zero-order valence-electron chi connectivity index (χ0n) is 11.7. The molecule has 1 aromatic carbocycles. The predicted molar refractivity (Wildman–Crippen MR) is 84.5 cm³/mol. The molecule has 20 heavy (non-hydrogen) atoms. The van der Waals surface area contributed by atoms with Crippen LogP contribution in [0.15, 0.2) is 30.6 Å². The molecule has 1 heterocycles. The molecule has 1 aromatic heterocycles. The minimum absolute atomic E-state index is 0.137. The van der Waals surface area contributed by atoms with Gasteiger partial charge in [-0.05, 0) is 31.2 Å². The molecule has 0 bridgehead atoms. The lowest BCUT2D eigenvalue weighted by atomic mass is 10.0. The fourth-order valence-electron chi connectivity index (χ4n) is 2.32. The van der Waals surface area contributed by atoms with Gasteiger partial charge in [0.05, 0.1) is 0 Å².